The summed E-state index contributed by atoms with van der Waals surface area (Å²) in [6, 6.07) is 3.35. The first-order valence-corrected chi connectivity index (χ1v) is 10.4. The highest BCUT2D eigenvalue weighted by Gasteiger charge is 2.30. The Labute approximate surface area is 148 Å². The lowest BCUT2D eigenvalue weighted by molar-refractivity contribution is 0.0160. The fourth-order valence-electron chi connectivity index (χ4n) is 2.73. The zero-order valence-corrected chi connectivity index (χ0v) is 16.3. The van der Waals surface area contributed by atoms with Gasteiger partial charge in [-0.1, -0.05) is 6.07 Å². The molecule has 1 aromatic rings. The zero-order chi connectivity index (χ0) is 18.0. The third-order valence-corrected chi connectivity index (χ3v) is 7.04. The van der Waals surface area contributed by atoms with E-state index in [4.69, 9.17) is 4.74 Å². The van der Waals surface area contributed by atoms with E-state index >= 15 is 0 Å². The highest BCUT2D eigenvalue weighted by molar-refractivity contribution is 7.91. The van der Waals surface area contributed by atoms with Crippen molar-refractivity contribution in [3.05, 3.63) is 17.5 Å². The van der Waals surface area contributed by atoms with E-state index in [1.54, 1.807) is 29.5 Å². The van der Waals surface area contributed by atoms with Crippen LogP contribution in [-0.2, 0) is 14.8 Å². The van der Waals surface area contributed by atoms with E-state index in [-0.39, 0.29) is 12.0 Å². The van der Waals surface area contributed by atoms with Gasteiger partial charge < -0.3 is 9.64 Å². The van der Waals surface area contributed by atoms with Crippen LogP contribution in [0.5, 0.6) is 0 Å². The molecule has 1 aliphatic rings. The van der Waals surface area contributed by atoms with Crippen molar-refractivity contribution in [2.45, 2.75) is 43.4 Å². The molecule has 0 aromatic carbocycles. The summed E-state index contributed by atoms with van der Waals surface area (Å²) in [5.41, 5.74) is -0.524. The van der Waals surface area contributed by atoms with Crippen molar-refractivity contribution in [3.8, 4) is 0 Å². The minimum absolute atomic E-state index is 0.117. The third-order valence-electron chi connectivity index (χ3n) is 3.85. The first-order chi connectivity index (χ1) is 11.1. The lowest BCUT2D eigenvalue weighted by Crippen LogP contribution is -2.45. The highest BCUT2D eigenvalue weighted by atomic mass is 32.2. The Balaban J connectivity index is 1.97. The van der Waals surface area contributed by atoms with Gasteiger partial charge in [0.25, 0.3) is 10.0 Å². The molecule has 1 amide bonds. The second-order valence-corrected chi connectivity index (χ2v) is 10.4. The molecule has 2 rings (SSSR count). The van der Waals surface area contributed by atoms with E-state index in [0.717, 1.165) is 12.8 Å². The number of carbonyl (C=O) groups is 1. The van der Waals surface area contributed by atoms with Crippen molar-refractivity contribution in [1.82, 2.24) is 9.21 Å². The van der Waals surface area contributed by atoms with Crippen LogP contribution in [0.3, 0.4) is 0 Å². The second-order valence-electron chi connectivity index (χ2n) is 7.15. The van der Waals surface area contributed by atoms with Gasteiger partial charge in [0.1, 0.15) is 9.81 Å². The van der Waals surface area contributed by atoms with Crippen LogP contribution in [0, 0.1) is 5.92 Å². The molecule has 24 heavy (non-hydrogen) atoms. The van der Waals surface area contributed by atoms with Crippen LogP contribution in [-0.4, -0.2) is 56.0 Å². The highest BCUT2D eigenvalue weighted by Crippen LogP contribution is 2.24. The normalized spacial score (nSPS) is 19.5. The first kappa shape index (κ1) is 19.2. The van der Waals surface area contributed by atoms with Gasteiger partial charge >= 0.3 is 6.09 Å². The lowest BCUT2D eigenvalue weighted by atomic mass is 9.98. The lowest BCUT2D eigenvalue weighted by Gasteiger charge is -2.35. The number of amides is 1. The molecule has 2 heterocycles. The summed E-state index contributed by atoms with van der Waals surface area (Å²) < 4.78 is 32.2. The van der Waals surface area contributed by atoms with Gasteiger partial charge in [-0.05, 0) is 51.0 Å². The van der Waals surface area contributed by atoms with Gasteiger partial charge in [-0.3, -0.25) is 0 Å². The Bertz CT molecular complexity index is 650. The van der Waals surface area contributed by atoms with Crippen molar-refractivity contribution in [2.24, 2.45) is 5.92 Å². The number of hydrogen-bond donors (Lipinski definition) is 0. The Morgan fingerprint density at radius 1 is 1.46 bits per heavy atom. The number of ether oxygens (including phenoxy) is 1. The maximum atomic E-state index is 12.5. The maximum Gasteiger partial charge on any atom is 0.410 e. The van der Waals surface area contributed by atoms with Crippen LogP contribution in [0.4, 0.5) is 4.79 Å². The maximum absolute atomic E-state index is 12.5. The quantitative estimate of drug-likeness (QED) is 0.812. The molecule has 1 fully saturated rings. The van der Waals surface area contributed by atoms with Gasteiger partial charge in [-0.15, -0.1) is 11.3 Å². The SMILES string of the molecule is CN(C[C@H]1CCCN(C(=O)OC(C)(C)C)C1)S(=O)(=O)c1cccs1. The second kappa shape index (κ2) is 7.41. The number of rotatable bonds is 4. The molecule has 1 aliphatic heterocycles. The van der Waals surface area contributed by atoms with E-state index in [1.165, 1.54) is 15.6 Å². The molecule has 136 valence electrons. The fourth-order valence-corrected chi connectivity index (χ4v) is 5.18. The van der Waals surface area contributed by atoms with E-state index in [1.807, 2.05) is 20.8 Å². The van der Waals surface area contributed by atoms with Crippen LogP contribution < -0.4 is 0 Å². The minimum Gasteiger partial charge on any atom is -0.444 e. The number of hydrogen-bond acceptors (Lipinski definition) is 5. The van der Waals surface area contributed by atoms with Crippen molar-refractivity contribution >= 4 is 27.5 Å². The first-order valence-electron chi connectivity index (χ1n) is 8.07. The largest absolute Gasteiger partial charge is 0.444 e. The van der Waals surface area contributed by atoms with Gasteiger partial charge in [0.05, 0.1) is 0 Å². The van der Waals surface area contributed by atoms with Crippen LogP contribution in [0.25, 0.3) is 0 Å². The molecule has 1 atom stereocenters. The molecule has 0 N–H and O–H groups in total. The average molecular weight is 375 g/mol. The Kier molecular flexibility index (Phi) is 5.93. The molecule has 0 spiro atoms. The van der Waals surface area contributed by atoms with Gasteiger partial charge in [0.2, 0.25) is 0 Å². The molecule has 0 unspecified atom stereocenters. The van der Waals surface area contributed by atoms with Crippen molar-refractivity contribution in [1.29, 1.82) is 0 Å². The molecule has 0 saturated carbocycles. The minimum atomic E-state index is -3.44. The van der Waals surface area contributed by atoms with E-state index in [2.05, 4.69) is 0 Å². The smallest absolute Gasteiger partial charge is 0.410 e. The molecule has 1 aromatic heterocycles. The fraction of sp³-hybridized carbons (Fsp3) is 0.688. The molecule has 6 nitrogen and oxygen atoms in total. The van der Waals surface area contributed by atoms with Crippen LogP contribution >= 0.6 is 11.3 Å². The van der Waals surface area contributed by atoms with Crippen molar-refractivity contribution < 1.29 is 17.9 Å². The van der Waals surface area contributed by atoms with Crippen LogP contribution in [0.1, 0.15) is 33.6 Å². The standard InChI is InChI=1S/C16H26N2O4S2/c1-16(2,3)22-15(19)18-9-5-7-13(12-18)11-17(4)24(20,21)14-8-6-10-23-14/h6,8,10,13H,5,7,9,11-12H2,1-4H3/t13-/m1/s1. The summed E-state index contributed by atoms with van der Waals surface area (Å²) >= 11 is 1.22. The summed E-state index contributed by atoms with van der Waals surface area (Å²) in [7, 11) is -1.85. The summed E-state index contributed by atoms with van der Waals surface area (Å²) in [6.07, 6.45) is 1.44. The number of piperidine rings is 1. The van der Waals surface area contributed by atoms with E-state index in [0.29, 0.717) is 23.8 Å². The van der Waals surface area contributed by atoms with E-state index in [9.17, 15) is 13.2 Å². The summed E-state index contributed by atoms with van der Waals surface area (Å²) in [6.45, 7) is 7.11. The molecular weight excluding hydrogens is 348 g/mol. The number of sulfonamides is 1. The Morgan fingerprint density at radius 3 is 2.75 bits per heavy atom. The monoisotopic (exact) mass is 374 g/mol. The molecule has 0 radical (unpaired) electrons. The van der Waals surface area contributed by atoms with E-state index < -0.39 is 15.6 Å². The summed E-state index contributed by atoms with van der Waals surface area (Å²) in [5.74, 6) is 0.117. The molecule has 8 heteroatoms. The number of nitrogens with zero attached hydrogens (tertiary/aromatic N) is 2. The summed E-state index contributed by atoms with van der Waals surface area (Å²) in [5, 5.41) is 1.76. The third kappa shape index (κ3) is 4.94. The molecule has 1 saturated heterocycles. The average Bonchev–Trinajstić information content (AvgIpc) is 3.00. The van der Waals surface area contributed by atoms with Gasteiger partial charge in [-0.2, -0.15) is 4.31 Å². The number of likely N-dealkylation sites (tertiary alicyclic amines) is 1. The summed E-state index contributed by atoms with van der Waals surface area (Å²) in [4.78, 5) is 13.9. The van der Waals surface area contributed by atoms with Crippen LogP contribution in [0.2, 0.25) is 0 Å². The van der Waals surface area contributed by atoms with Crippen molar-refractivity contribution in [3.63, 3.8) is 0 Å². The molecular formula is C16H26N2O4S2. The molecule has 0 aliphatic carbocycles. The number of thiophene rings is 1. The molecule has 0 bridgehead atoms. The topological polar surface area (TPSA) is 66.9 Å². The van der Waals surface area contributed by atoms with Gasteiger partial charge in [0.15, 0.2) is 0 Å². The zero-order valence-electron chi connectivity index (χ0n) is 14.7. The van der Waals surface area contributed by atoms with Crippen molar-refractivity contribution in [2.75, 3.05) is 26.7 Å². The number of carbonyl (C=O) groups excluding carboxylic acids is 1. The van der Waals surface area contributed by atoms with Gasteiger partial charge in [0, 0.05) is 26.7 Å². The Morgan fingerprint density at radius 2 is 2.17 bits per heavy atom. The Hall–Kier alpha value is -1.12. The predicted molar refractivity (Wildman–Crippen MR) is 94.7 cm³/mol. The van der Waals surface area contributed by atoms with Crippen LogP contribution in [0.15, 0.2) is 21.7 Å². The van der Waals surface area contributed by atoms with Gasteiger partial charge in [-0.25, -0.2) is 13.2 Å². The predicted octanol–water partition coefficient (Wildman–Crippen LogP) is 3.02.